The first-order valence-electron chi connectivity index (χ1n) is 13.0. The molecule has 11 nitrogen and oxygen atoms in total. The lowest BCUT2D eigenvalue weighted by Gasteiger charge is -2.48. The van der Waals surface area contributed by atoms with Gasteiger partial charge in [-0.3, -0.25) is 19.2 Å². The summed E-state index contributed by atoms with van der Waals surface area (Å²) in [7, 11) is -2.45. The average molecular weight is 625 g/mol. The van der Waals surface area contributed by atoms with Crippen molar-refractivity contribution < 1.29 is 52.5 Å². The molecule has 1 N–H and O–H groups in total. The van der Waals surface area contributed by atoms with Gasteiger partial charge in [-0.15, -0.1) is 0 Å². The molecule has 3 rings (SSSR count). The molecule has 0 aliphatic carbocycles. The standard InChI is InChI=1S/C29H34ClO11P/c1-16(31)37-15-25-26(38-17(2)32)27(39-18(3)33)28(40-19(4)34)29(35,41-25)22-9-12-24(30)21(14-22)13-20-7-10-23(11-8-20)42(5,6)36/h7-12,14,25-28,35H,13,15H2,1-6H3/t25-,26-,27+,28-,29-/m1/s1. The minimum atomic E-state index is -2.48. The van der Waals surface area contributed by atoms with Crippen LogP contribution in [-0.2, 0) is 59.6 Å². The Balaban J connectivity index is 2.12. The van der Waals surface area contributed by atoms with Crippen molar-refractivity contribution in [3.63, 3.8) is 0 Å². The number of carbonyl (C=O) groups is 4. The summed E-state index contributed by atoms with van der Waals surface area (Å²) in [6.07, 6.45) is -5.73. The van der Waals surface area contributed by atoms with Crippen LogP contribution in [0.15, 0.2) is 42.5 Å². The lowest BCUT2D eigenvalue weighted by atomic mass is 9.86. The van der Waals surface area contributed by atoms with Crippen molar-refractivity contribution in [2.24, 2.45) is 0 Å². The molecule has 0 aromatic heterocycles. The molecule has 0 bridgehead atoms. The summed E-state index contributed by atoms with van der Waals surface area (Å²) < 4.78 is 39.8. The molecule has 1 heterocycles. The van der Waals surface area contributed by atoms with Crippen LogP contribution in [0.4, 0.5) is 0 Å². The van der Waals surface area contributed by atoms with E-state index in [1.54, 1.807) is 25.5 Å². The lowest BCUT2D eigenvalue weighted by molar-refractivity contribution is -0.360. The van der Waals surface area contributed by atoms with E-state index in [1.807, 2.05) is 12.1 Å². The summed E-state index contributed by atoms with van der Waals surface area (Å²) in [6, 6.07) is 11.7. The highest BCUT2D eigenvalue weighted by Gasteiger charge is 2.60. The van der Waals surface area contributed by atoms with Gasteiger partial charge in [0, 0.05) is 43.6 Å². The molecular weight excluding hydrogens is 591 g/mol. The molecule has 0 unspecified atom stereocenters. The molecule has 1 saturated heterocycles. The molecule has 1 fully saturated rings. The van der Waals surface area contributed by atoms with E-state index in [0.29, 0.717) is 17.0 Å². The summed E-state index contributed by atoms with van der Waals surface area (Å²) in [5.41, 5.74) is 1.46. The molecule has 13 heteroatoms. The number of aliphatic hydroxyl groups is 1. The predicted octanol–water partition coefficient (Wildman–Crippen LogP) is 3.08. The molecule has 0 saturated carbocycles. The van der Waals surface area contributed by atoms with Crippen molar-refractivity contribution in [3.05, 3.63) is 64.2 Å². The van der Waals surface area contributed by atoms with Gasteiger partial charge < -0.3 is 33.4 Å². The second kappa shape index (κ2) is 13.4. The monoisotopic (exact) mass is 624 g/mol. The molecule has 2 aromatic carbocycles. The van der Waals surface area contributed by atoms with Crippen molar-refractivity contribution in [3.8, 4) is 0 Å². The number of esters is 4. The van der Waals surface area contributed by atoms with Crippen LogP contribution >= 0.6 is 18.7 Å². The third-order valence-electron chi connectivity index (χ3n) is 6.47. The van der Waals surface area contributed by atoms with Crippen LogP contribution in [0, 0.1) is 0 Å². The Labute approximate surface area is 248 Å². The molecule has 228 valence electrons. The fourth-order valence-electron chi connectivity index (χ4n) is 4.64. The molecular formula is C29H34ClO11P. The summed E-state index contributed by atoms with van der Waals surface area (Å²) in [5.74, 6) is -5.63. The minimum absolute atomic E-state index is 0.0719. The number of hydrogen-bond acceptors (Lipinski definition) is 11. The summed E-state index contributed by atoms with van der Waals surface area (Å²) in [5, 5.41) is 13.2. The van der Waals surface area contributed by atoms with Crippen LogP contribution in [0.3, 0.4) is 0 Å². The van der Waals surface area contributed by atoms with Gasteiger partial charge >= 0.3 is 23.9 Å². The zero-order valence-electron chi connectivity index (χ0n) is 24.1. The third-order valence-corrected chi connectivity index (χ3v) is 8.38. The van der Waals surface area contributed by atoms with Crippen LogP contribution < -0.4 is 5.30 Å². The van der Waals surface area contributed by atoms with E-state index in [0.717, 1.165) is 38.6 Å². The Hall–Kier alpha value is -3.24. The van der Waals surface area contributed by atoms with Gasteiger partial charge in [0.1, 0.15) is 19.9 Å². The lowest BCUT2D eigenvalue weighted by Crippen LogP contribution is -2.66. The number of halogens is 1. The number of carbonyl (C=O) groups excluding carboxylic acids is 4. The summed E-state index contributed by atoms with van der Waals surface area (Å²) >= 11 is 6.51. The van der Waals surface area contributed by atoms with Crippen LogP contribution in [0.5, 0.6) is 0 Å². The smallest absolute Gasteiger partial charge is 0.303 e. The first-order chi connectivity index (χ1) is 19.5. The molecule has 42 heavy (non-hydrogen) atoms. The third kappa shape index (κ3) is 8.19. The van der Waals surface area contributed by atoms with Crippen molar-refractivity contribution in [1.29, 1.82) is 0 Å². The molecule has 0 spiro atoms. The van der Waals surface area contributed by atoms with Crippen molar-refractivity contribution in [1.82, 2.24) is 0 Å². The number of hydrogen-bond donors (Lipinski definition) is 1. The SMILES string of the molecule is CC(=O)OC[C@H]1O[C@](O)(c2ccc(Cl)c(Cc3ccc(P(C)(C)=O)cc3)c2)[C@H](OC(C)=O)[C@@H](OC(C)=O)[C@@H]1OC(C)=O. The Morgan fingerprint density at radius 3 is 1.98 bits per heavy atom. The normalized spacial score (nSPS) is 23.9. The van der Waals surface area contributed by atoms with Crippen LogP contribution in [-0.4, -0.2) is 73.3 Å². The Morgan fingerprint density at radius 2 is 1.45 bits per heavy atom. The predicted molar refractivity (Wildman–Crippen MR) is 152 cm³/mol. The number of rotatable bonds is 9. The Morgan fingerprint density at radius 1 is 0.881 bits per heavy atom. The molecule has 1 aliphatic rings. The van der Waals surface area contributed by atoms with Gasteiger partial charge in [0.2, 0.25) is 11.9 Å². The highest BCUT2D eigenvalue weighted by molar-refractivity contribution is 7.70. The minimum Gasteiger partial charge on any atom is -0.463 e. The fraction of sp³-hybridized carbons (Fsp3) is 0.448. The van der Waals surface area contributed by atoms with Gasteiger partial charge in [-0.2, -0.15) is 0 Å². The molecule has 0 amide bonds. The zero-order valence-corrected chi connectivity index (χ0v) is 25.8. The van der Waals surface area contributed by atoms with Gasteiger partial charge in [0.05, 0.1) is 0 Å². The maximum atomic E-state index is 12.4. The second-order valence-corrected chi connectivity index (χ2v) is 14.0. The van der Waals surface area contributed by atoms with Crippen molar-refractivity contribution in [2.45, 2.75) is 64.3 Å². The van der Waals surface area contributed by atoms with E-state index < -0.39 is 67.8 Å². The second-order valence-electron chi connectivity index (χ2n) is 10.3. The van der Waals surface area contributed by atoms with Crippen LogP contribution in [0.1, 0.15) is 44.4 Å². The van der Waals surface area contributed by atoms with E-state index in [-0.39, 0.29) is 5.56 Å². The van der Waals surface area contributed by atoms with E-state index in [9.17, 15) is 28.8 Å². The fourth-order valence-corrected chi connectivity index (χ4v) is 5.69. The molecule has 0 radical (unpaired) electrons. The Kier molecular flexibility index (Phi) is 10.6. The maximum absolute atomic E-state index is 12.4. The largest absolute Gasteiger partial charge is 0.463 e. The summed E-state index contributed by atoms with van der Waals surface area (Å²) in [6.45, 7) is 7.29. The molecule has 1 aliphatic heterocycles. The Bertz CT molecular complexity index is 1390. The topological polar surface area (TPSA) is 152 Å². The van der Waals surface area contributed by atoms with Gasteiger partial charge in [0.15, 0.2) is 12.2 Å². The van der Waals surface area contributed by atoms with Gasteiger partial charge in [-0.1, -0.05) is 41.9 Å². The van der Waals surface area contributed by atoms with Crippen molar-refractivity contribution in [2.75, 3.05) is 19.9 Å². The van der Waals surface area contributed by atoms with E-state index in [2.05, 4.69) is 0 Å². The number of ether oxygens (including phenoxy) is 5. The van der Waals surface area contributed by atoms with Crippen molar-refractivity contribution >= 4 is 47.9 Å². The van der Waals surface area contributed by atoms with Crippen LogP contribution in [0.25, 0.3) is 0 Å². The molecule has 2 aromatic rings. The molecule has 5 atom stereocenters. The highest BCUT2D eigenvalue weighted by Crippen LogP contribution is 2.42. The van der Waals surface area contributed by atoms with E-state index in [4.69, 9.17) is 35.3 Å². The van der Waals surface area contributed by atoms with Gasteiger partial charge in [-0.05, 0) is 43.0 Å². The first kappa shape index (κ1) is 33.3. The average Bonchev–Trinajstić information content (AvgIpc) is 2.87. The first-order valence-corrected chi connectivity index (χ1v) is 16.0. The quantitative estimate of drug-likeness (QED) is 0.249. The van der Waals surface area contributed by atoms with Gasteiger partial charge in [0.25, 0.3) is 0 Å². The van der Waals surface area contributed by atoms with E-state index >= 15 is 0 Å². The maximum Gasteiger partial charge on any atom is 0.303 e. The van der Waals surface area contributed by atoms with Gasteiger partial charge in [-0.25, -0.2) is 0 Å². The zero-order chi connectivity index (χ0) is 31.4. The van der Waals surface area contributed by atoms with E-state index in [1.165, 1.54) is 18.2 Å². The van der Waals surface area contributed by atoms with Crippen LogP contribution in [0.2, 0.25) is 5.02 Å². The number of benzene rings is 2. The summed E-state index contributed by atoms with van der Waals surface area (Å²) in [4.78, 5) is 47.9. The highest BCUT2D eigenvalue weighted by atomic mass is 35.5.